The van der Waals surface area contributed by atoms with Crippen LogP contribution in [0.5, 0.6) is 0 Å². The van der Waals surface area contributed by atoms with Gasteiger partial charge < -0.3 is 4.98 Å². The van der Waals surface area contributed by atoms with Crippen molar-refractivity contribution in [1.29, 1.82) is 0 Å². The summed E-state index contributed by atoms with van der Waals surface area (Å²) < 4.78 is 36.1. The molecule has 0 atom stereocenters. The van der Waals surface area contributed by atoms with Gasteiger partial charge in [0.15, 0.2) is 0 Å². The molecular formula is C7H8F3N. The summed E-state index contributed by atoms with van der Waals surface area (Å²) in [6, 6.07) is 0. The SMILES string of the molecule is Cc1[nH]cc(C(F)(F)F)c1C. The van der Waals surface area contributed by atoms with Gasteiger partial charge in [0.05, 0.1) is 5.56 Å². The third-order valence-corrected chi connectivity index (χ3v) is 1.70. The van der Waals surface area contributed by atoms with Gasteiger partial charge in [-0.1, -0.05) is 0 Å². The Balaban J connectivity index is 3.15. The predicted molar refractivity (Wildman–Crippen MR) is 35.3 cm³/mol. The maximum absolute atomic E-state index is 12.0. The van der Waals surface area contributed by atoms with E-state index in [1.165, 1.54) is 6.92 Å². The average molecular weight is 163 g/mol. The lowest BCUT2D eigenvalue weighted by atomic mass is 10.2. The Kier molecular flexibility index (Phi) is 1.70. The van der Waals surface area contributed by atoms with Gasteiger partial charge >= 0.3 is 6.18 Å². The summed E-state index contributed by atoms with van der Waals surface area (Å²) in [6.45, 7) is 3.07. The Morgan fingerprint density at radius 3 is 2.00 bits per heavy atom. The van der Waals surface area contributed by atoms with E-state index in [1.807, 2.05) is 0 Å². The third-order valence-electron chi connectivity index (χ3n) is 1.70. The van der Waals surface area contributed by atoms with Gasteiger partial charge in [0, 0.05) is 11.9 Å². The lowest BCUT2D eigenvalue weighted by Gasteiger charge is -2.04. The van der Waals surface area contributed by atoms with Crippen LogP contribution in [-0.2, 0) is 6.18 Å². The molecule has 62 valence electrons. The van der Waals surface area contributed by atoms with Gasteiger partial charge in [-0.15, -0.1) is 0 Å². The molecule has 0 spiro atoms. The number of H-pyrrole nitrogens is 1. The summed E-state index contributed by atoms with van der Waals surface area (Å²) in [5, 5.41) is 0. The third kappa shape index (κ3) is 1.39. The van der Waals surface area contributed by atoms with E-state index >= 15 is 0 Å². The predicted octanol–water partition coefficient (Wildman–Crippen LogP) is 2.65. The van der Waals surface area contributed by atoms with Crippen LogP contribution in [0.1, 0.15) is 16.8 Å². The zero-order valence-electron chi connectivity index (χ0n) is 6.21. The molecular weight excluding hydrogens is 155 g/mol. The lowest BCUT2D eigenvalue weighted by Crippen LogP contribution is -2.04. The number of aryl methyl sites for hydroxylation is 1. The number of halogens is 3. The lowest BCUT2D eigenvalue weighted by molar-refractivity contribution is -0.137. The van der Waals surface area contributed by atoms with E-state index in [4.69, 9.17) is 0 Å². The molecule has 0 radical (unpaired) electrons. The van der Waals surface area contributed by atoms with Crippen molar-refractivity contribution in [3.63, 3.8) is 0 Å². The molecule has 1 aromatic heterocycles. The molecule has 1 heterocycles. The minimum Gasteiger partial charge on any atom is -0.364 e. The number of rotatable bonds is 0. The number of hydrogen-bond donors (Lipinski definition) is 1. The summed E-state index contributed by atoms with van der Waals surface area (Å²) in [7, 11) is 0. The van der Waals surface area contributed by atoms with Crippen LogP contribution in [0.3, 0.4) is 0 Å². The molecule has 0 amide bonds. The van der Waals surface area contributed by atoms with Gasteiger partial charge in [-0.05, 0) is 19.4 Å². The fraction of sp³-hybridized carbons (Fsp3) is 0.429. The highest BCUT2D eigenvalue weighted by Crippen LogP contribution is 2.32. The van der Waals surface area contributed by atoms with Crippen molar-refractivity contribution in [3.8, 4) is 0 Å². The van der Waals surface area contributed by atoms with Crippen molar-refractivity contribution in [2.24, 2.45) is 0 Å². The second-order valence-corrected chi connectivity index (χ2v) is 2.45. The van der Waals surface area contributed by atoms with E-state index in [0.29, 0.717) is 5.69 Å². The first kappa shape index (κ1) is 8.17. The van der Waals surface area contributed by atoms with E-state index in [0.717, 1.165) is 6.20 Å². The van der Waals surface area contributed by atoms with Gasteiger partial charge in [-0.2, -0.15) is 13.2 Å². The molecule has 0 aliphatic rings. The Bertz CT molecular complexity index is 259. The van der Waals surface area contributed by atoms with E-state index in [1.54, 1.807) is 6.92 Å². The normalized spacial score (nSPS) is 12.1. The smallest absolute Gasteiger partial charge is 0.364 e. The second kappa shape index (κ2) is 2.29. The molecule has 0 saturated heterocycles. The summed E-state index contributed by atoms with van der Waals surface area (Å²) in [5.41, 5.74) is 0.268. The van der Waals surface area contributed by atoms with Crippen LogP contribution in [0.25, 0.3) is 0 Å². The van der Waals surface area contributed by atoms with Crippen LogP contribution in [0.4, 0.5) is 13.2 Å². The summed E-state index contributed by atoms with van der Waals surface area (Å²) in [6.07, 6.45) is -3.24. The molecule has 1 N–H and O–H groups in total. The quantitative estimate of drug-likeness (QED) is 0.605. The summed E-state index contributed by atoms with van der Waals surface area (Å²) in [4.78, 5) is 2.52. The summed E-state index contributed by atoms with van der Waals surface area (Å²) in [5.74, 6) is 0. The Morgan fingerprint density at radius 1 is 1.27 bits per heavy atom. The molecule has 0 saturated carbocycles. The molecule has 0 aromatic carbocycles. The Hall–Kier alpha value is -0.930. The van der Waals surface area contributed by atoms with Crippen molar-refractivity contribution in [3.05, 3.63) is 23.0 Å². The van der Waals surface area contributed by atoms with Crippen LogP contribution in [0, 0.1) is 13.8 Å². The molecule has 0 fully saturated rings. The van der Waals surface area contributed by atoms with Crippen LogP contribution in [0.2, 0.25) is 0 Å². The molecule has 0 aliphatic heterocycles. The maximum Gasteiger partial charge on any atom is 0.418 e. The van der Waals surface area contributed by atoms with Crippen LogP contribution in [-0.4, -0.2) is 4.98 Å². The molecule has 0 aliphatic carbocycles. The fourth-order valence-electron chi connectivity index (χ4n) is 0.893. The first-order valence-corrected chi connectivity index (χ1v) is 3.14. The molecule has 0 bridgehead atoms. The number of hydrogen-bond acceptors (Lipinski definition) is 0. The first-order chi connectivity index (χ1) is 4.93. The molecule has 1 nitrogen and oxygen atoms in total. The highest BCUT2D eigenvalue weighted by Gasteiger charge is 2.33. The highest BCUT2D eigenvalue weighted by atomic mass is 19.4. The average Bonchev–Trinajstić information content (AvgIpc) is 2.11. The molecule has 11 heavy (non-hydrogen) atoms. The number of aromatic nitrogens is 1. The Labute approximate surface area is 62.2 Å². The van der Waals surface area contributed by atoms with Crippen molar-refractivity contribution in [1.82, 2.24) is 4.98 Å². The topological polar surface area (TPSA) is 15.8 Å². The van der Waals surface area contributed by atoms with Gasteiger partial charge in [-0.3, -0.25) is 0 Å². The van der Waals surface area contributed by atoms with Gasteiger partial charge in [0.1, 0.15) is 0 Å². The number of alkyl halides is 3. The number of aromatic amines is 1. The van der Waals surface area contributed by atoms with E-state index < -0.39 is 11.7 Å². The molecule has 4 heteroatoms. The van der Waals surface area contributed by atoms with Crippen LogP contribution >= 0.6 is 0 Å². The minimum absolute atomic E-state index is 0.275. The monoisotopic (exact) mass is 163 g/mol. The highest BCUT2D eigenvalue weighted by molar-refractivity contribution is 5.30. The molecule has 0 unspecified atom stereocenters. The van der Waals surface area contributed by atoms with Gasteiger partial charge in [0.25, 0.3) is 0 Å². The van der Waals surface area contributed by atoms with E-state index in [-0.39, 0.29) is 5.56 Å². The standard InChI is InChI=1S/C7H8F3N/c1-4-5(2)11-3-6(4)7(8,9)10/h3,11H,1-2H3. The zero-order chi connectivity index (χ0) is 8.65. The first-order valence-electron chi connectivity index (χ1n) is 3.14. The zero-order valence-corrected chi connectivity index (χ0v) is 6.21. The molecule has 1 aromatic rings. The van der Waals surface area contributed by atoms with Crippen molar-refractivity contribution in [2.45, 2.75) is 20.0 Å². The van der Waals surface area contributed by atoms with E-state index in [2.05, 4.69) is 4.98 Å². The molecule has 1 rings (SSSR count). The van der Waals surface area contributed by atoms with Crippen LogP contribution in [0.15, 0.2) is 6.20 Å². The van der Waals surface area contributed by atoms with Crippen molar-refractivity contribution >= 4 is 0 Å². The Morgan fingerprint density at radius 2 is 1.82 bits per heavy atom. The van der Waals surface area contributed by atoms with Gasteiger partial charge in [0.2, 0.25) is 0 Å². The largest absolute Gasteiger partial charge is 0.418 e. The fourth-order valence-corrected chi connectivity index (χ4v) is 0.893. The van der Waals surface area contributed by atoms with Gasteiger partial charge in [-0.25, -0.2) is 0 Å². The number of nitrogens with one attached hydrogen (secondary N) is 1. The maximum atomic E-state index is 12.0. The second-order valence-electron chi connectivity index (χ2n) is 2.45. The van der Waals surface area contributed by atoms with Crippen molar-refractivity contribution in [2.75, 3.05) is 0 Å². The minimum atomic E-state index is -4.23. The van der Waals surface area contributed by atoms with Crippen LogP contribution < -0.4 is 0 Å². The van der Waals surface area contributed by atoms with Crippen molar-refractivity contribution < 1.29 is 13.2 Å². The summed E-state index contributed by atoms with van der Waals surface area (Å²) >= 11 is 0. The van der Waals surface area contributed by atoms with E-state index in [9.17, 15) is 13.2 Å².